The summed E-state index contributed by atoms with van der Waals surface area (Å²) in [4.78, 5) is 25.1. The van der Waals surface area contributed by atoms with Crippen LogP contribution in [-0.4, -0.2) is 34.0 Å². The number of nitrogens with zero attached hydrogens (tertiary/aromatic N) is 1. The Balaban J connectivity index is 2.35. The highest BCUT2D eigenvalue weighted by Crippen LogP contribution is 2.25. The number of hydrogen-bond acceptors (Lipinski definition) is 3. The van der Waals surface area contributed by atoms with E-state index < -0.39 is 11.5 Å². The number of fused-ring (bicyclic) bond motifs is 1. The van der Waals surface area contributed by atoms with Crippen molar-refractivity contribution in [3.8, 4) is 0 Å². The van der Waals surface area contributed by atoms with Crippen LogP contribution in [0.5, 0.6) is 0 Å². The Morgan fingerprint density at radius 3 is 2.52 bits per heavy atom. The molecule has 112 valence electrons. The van der Waals surface area contributed by atoms with Crippen LogP contribution < -0.4 is 0 Å². The van der Waals surface area contributed by atoms with E-state index in [1.165, 1.54) is 6.26 Å². The molecule has 0 aliphatic rings. The molecule has 5 heteroatoms. The van der Waals surface area contributed by atoms with Crippen LogP contribution in [0.25, 0.3) is 11.0 Å². The van der Waals surface area contributed by atoms with Gasteiger partial charge < -0.3 is 14.4 Å². The van der Waals surface area contributed by atoms with Crippen molar-refractivity contribution in [2.24, 2.45) is 0 Å². The minimum atomic E-state index is -0.922. The van der Waals surface area contributed by atoms with Gasteiger partial charge in [-0.25, -0.2) is 0 Å². The number of carbonyl (C=O) groups excluding carboxylic acids is 1. The summed E-state index contributed by atoms with van der Waals surface area (Å²) in [6.45, 7) is 5.82. The van der Waals surface area contributed by atoms with Crippen LogP contribution in [0.4, 0.5) is 0 Å². The molecule has 5 nitrogen and oxygen atoms in total. The Kier molecular flexibility index (Phi) is 4.02. The van der Waals surface area contributed by atoms with Gasteiger partial charge in [0.25, 0.3) is 5.91 Å². The van der Waals surface area contributed by atoms with Crippen molar-refractivity contribution in [2.75, 3.05) is 6.54 Å². The highest BCUT2D eigenvalue weighted by molar-refractivity contribution is 6.06. The van der Waals surface area contributed by atoms with E-state index in [1.54, 1.807) is 11.0 Å². The summed E-state index contributed by atoms with van der Waals surface area (Å²) in [6, 6.07) is 7.30. The van der Waals surface area contributed by atoms with Crippen LogP contribution in [0.1, 0.15) is 37.6 Å². The fourth-order valence-electron chi connectivity index (χ4n) is 2.24. The van der Waals surface area contributed by atoms with E-state index in [2.05, 4.69) is 0 Å². The number of para-hydroxylation sites is 1. The first-order chi connectivity index (χ1) is 9.80. The third kappa shape index (κ3) is 3.24. The Bertz CT molecular complexity index is 666. The average Bonchev–Trinajstić information content (AvgIpc) is 2.80. The number of carboxylic acid groups (broad SMARTS) is 1. The molecule has 0 aliphatic heterocycles. The molecule has 1 amide bonds. The lowest BCUT2D eigenvalue weighted by Crippen LogP contribution is -2.46. The van der Waals surface area contributed by atoms with Gasteiger partial charge in [-0.3, -0.25) is 9.59 Å². The third-order valence-corrected chi connectivity index (χ3v) is 3.32. The minimum Gasteiger partial charge on any atom is -0.481 e. The predicted molar refractivity (Wildman–Crippen MR) is 79.3 cm³/mol. The Morgan fingerprint density at radius 1 is 1.24 bits per heavy atom. The molecule has 1 aromatic carbocycles. The number of hydrogen-bond donors (Lipinski definition) is 1. The molecular formula is C16H19NO4. The van der Waals surface area contributed by atoms with Crippen molar-refractivity contribution < 1.29 is 19.1 Å². The van der Waals surface area contributed by atoms with Crippen molar-refractivity contribution in [3.05, 3.63) is 36.1 Å². The second-order valence-corrected chi connectivity index (χ2v) is 5.92. The first-order valence-corrected chi connectivity index (χ1v) is 6.80. The molecule has 21 heavy (non-hydrogen) atoms. The summed E-state index contributed by atoms with van der Waals surface area (Å²) in [5.74, 6) is -1.14. The van der Waals surface area contributed by atoms with Crippen LogP contribution in [-0.2, 0) is 4.79 Å². The summed E-state index contributed by atoms with van der Waals surface area (Å²) >= 11 is 0. The van der Waals surface area contributed by atoms with Gasteiger partial charge in [0, 0.05) is 17.5 Å². The maximum Gasteiger partial charge on any atom is 0.305 e. The number of aliphatic carboxylic acids is 1. The van der Waals surface area contributed by atoms with E-state index in [-0.39, 0.29) is 18.9 Å². The molecule has 2 aromatic rings. The first-order valence-electron chi connectivity index (χ1n) is 6.80. The lowest BCUT2D eigenvalue weighted by atomic mass is 10.0. The minimum absolute atomic E-state index is 0.0845. The Morgan fingerprint density at radius 2 is 1.90 bits per heavy atom. The lowest BCUT2D eigenvalue weighted by molar-refractivity contribution is -0.137. The third-order valence-electron chi connectivity index (χ3n) is 3.32. The normalized spacial score (nSPS) is 11.6. The van der Waals surface area contributed by atoms with Gasteiger partial charge >= 0.3 is 5.97 Å². The molecule has 1 aromatic heterocycles. The highest BCUT2D eigenvalue weighted by atomic mass is 16.4. The van der Waals surface area contributed by atoms with Crippen LogP contribution in [0.3, 0.4) is 0 Å². The van der Waals surface area contributed by atoms with Crippen LogP contribution >= 0.6 is 0 Å². The quantitative estimate of drug-likeness (QED) is 0.938. The molecule has 0 spiro atoms. The summed E-state index contributed by atoms with van der Waals surface area (Å²) in [5, 5.41) is 9.60. The van der Waals surface area contributed by atoms with Crippen LogP contribution in [0, 0.1) is 0 Å². The lowest BCUT2D eigenvalue weighted by Gasteiger charge is -2.35. The summed E-state index contributed by atoms with van der Waals surface area (Å²) < 4.78 is 5.39. The zero-order valence-electron chi connectivity index (χ0n) is 12.4. The number of furan rings is 1. The molecule has 0 saturated heterocycles. The van der Waals surface area contributed by atoms with Gasteiger partial charge in [-0.05, 0) is 26.8 Å². The van der Waals surface area contributed by atoms with Gasteiger partial charge in [-0.15, -0.1) is 0 Å². The van der Waals surface area contributed by atoms with Crippen molar-refractivity contribution in [1.29, 1.82) is 0 Å². The smallest absolute Gasteiger partial charge is 0.305 e. The molecule has 0 radical (unpaired) electrons. The number of benzene rings is 1. The van der Waals surface area contributed by atoms with Gasteiger partial charge in [0.1, 0.15) is 11.8 Å². The van der Waals surface area contributed by atoms with Gasteiger partial charge in [0.2, 0.25) is 0 Å². The maximum atomic E-state index is 12.8. The van der Waals surface area contributed by atoms with E-state index >= 15 is 0 Å². The van der Waals surface area contributed by atoms with Crippen molar-refractivity contribution >= 4 is 22.8 Å². The zero-order valence-corrected chi connectivity index (χ0v) is 12.4. The van der Waals surface area contributed by atoms with Crippen LogP contribution in [0.2, 0.25) is 0 Å². The Hall–Kier alpha value is -2.30. The molecule has 0 saturated carbocycles. The molecule has 0 atom stereocenters. The van der Waals surface area contributed by atoms with Crippen molar-refractivity contribution in [3.63, 3.8) is 0 Å². The second-order valence-electron chi connectivity index (χ2n) is 5.92. The summed E-state index contributed by atoms with van der Waals surface area (Å²) in [7, 11) is 0. The molecule has 1 heterocycles. The van der Waals surface area contributed by atoms with Gasteiger partial charge in [0.05, 0.1) is 12.0 Å². The van der Waals surface area contributed by atoms with Crippen molar-refractivity contribution in [1.82, 2.24) is 4.90 Å². The molecular weight excluding hydrogens is 270 g/mol. The van der Waals surface area contributed by atoms with E-state index in [0.29, 0.717) is 11.1 Å². The first kappa shape index (κ1) is 15.1. The molecule has 0 bridgehead atoms. The SMILES string of the molecule is CC(C)(C)N(CCC(=O)O)C(=O)c1coc2ccccc12. The van der Waals surface area contributed by atoms with Gasteiger partial charge in [-0.2, -0.15) is 0 Å². The molecule has 0 unspecified atom stereocenters. The summed E-state index contributed by atoms with van der Waals surface area (Å²) in [6.07, 6.45) is 1.35. The van der Waals surface area contributed by atoms with E-state index in [4.69, 9.17) is 9.52 Å². The van der Waals surface area contributed by atoms with Gasteiger partial charge in [0.15, 0.2) is 0 Å². The number of carbonyl (C=O) groups is 2. The molecule has 0 fully saturated rings. The average molecular weight is 289 g/mol. The number of rotatable bonds is 4. The molecule has 0 aliphatic carbocycles. The topological polar surface area (TPSA) is 70.8 Å². The van der Waals surface area contributed by atoms with Crippen molar-refractivity contribution in [2.45, 2.75) is 32.7 Å². The fourth-order valence-corrected chi connectivity index (χ4v) is 2.24. The Labute approximate surface area is 123 Å². The number of amides is 1. The van der Waals surface area contributed by atoms with E-state index in [0.717, 1.165) is 5.39 Å². The number of carboxylic acids is 1. The maximum absolute atomic E-state index is 12.8. The predicted octanol–water partition coefficient (Wildman–Crippen LogP) is 3.15. The fraction of sp³-hybridized carbons (Fsp3) is 0.375. The molecule has 1 N–H and O–H groups in total. The molecule has 2 rings (SSSR count). The van der Waals surface area contributed by atoms with E-state index in [1.807, 2.05) is 39.0 Å². The second kappa shape index (κ2) is 5.60. The van der Waals surface area contributed by atoms with E-state index in [9.17, 15) is 9.59 Å². The monoisotopic (exact) mass is 289 g/mol. The standard InChI is InChI=1S/C16H19NO4/c1-16(2,3)17(9-8-14(18)19)15(20)12-10-21-13-7-5-4-6-11(12)13/h4-7,10H,8-9H2,1-3H3,(H,18,19). The highest BCUT2D eigenvalue weighted by Gasteiger charge is 2.29. The summed E-state index contributed by atoms with van der Waals surface area (Å²) in [5.41, 5.74) is 0.643. The largest absolute Gasteiger partial charge is 0.481 e. The van der Waals surface area contributed by atoms with Crippen LogP contribution in [0.15, 0.2) is 34.9 Å². The zero-order chi connectivity index (χ0) is 15.6. The van der Waals surface area contributed by atoms with Gasteiger partial charge in [-0.1, -0.05) is 18.2 Å².